The number of halogens is 3. The third kappa shape index (κ3) is 8.63. The molecule has 2 N–H and O–H groups in total. The molecule has 0 atom stereocenters. The lowest BCUT2D eigenvalue weighted by Crippen LogP contribution is -2.38. The lowest BCUT2D eigenvalue weighted by Gasteiger charge is -2.14. The summed E-state index contributed by atoms with van der Waals surface area (Å²) < 4.78 is 52.2. The van der Waals surface area contributed by atoms with Crippen LogP contribution in [0.3, 0.4) is 0 Å². The first-order valence-corrected chi connectivity index (χ1v) is 8.89. The van der Waals surface area contributed by atoms with Crippen LogP contribution in [0.25, 0.3) is 0 Å². The molecule has 0 amide bonds. The molecule has 0 saturated heterocycles. The fourth-order valence-corrected chi connectivity index (χ4v) is 2.33. The molecular weight excluding hydrogens is 387 g/mol. The van der Waals surface area contributed by atoms with Crippen LogP contribution in [0.15, 0.2) is 53.5 Å². The second kappa shape index (κ2) is 11.0. The second-order valence-electron chi connectivity index (χ2n) is 5.93. The molecule has 29 heavy (non-hydrogen) atoms. The van der Waals surface area contributed by atoms with Gasteiger partial charge in [-0.15, -0.1) is 0 Å². The highest BCUT2D eigenvalue weighted by molar-refractivity contribution is 5.79. The number of guanidine groups is 1. The van der Waals surface area contributed by atoms with Crippen molar-refractivity contribution in [1.29, 1.82) is 0 Å². The van der Waals surface area contributed by atoms with Gasteiger partial charge < -0.3 is 24.8 Å². The second-order valence-corrected chi connectivity index (χ2v) is 5.93. The molecular formula is C20H24F3N3O3. The number of rotatable bonds is 9. The van der Waals surface area contributed by atoms with Crippen LogP contribution in [0.4, 0.5) is 13.2 Å². The Balaban J connectivity index is 1.73. The summed E-state index contributed by atoms with van der Waals surface area (Å²) in [5, 5.41) is 6.19. The van der Waals surface area contributed by atoms with E-state index in [-0.39, 0.29) is 5.75 Å². The van der Waals surface area contributed by atoms with Crippen molar-refractivity contribution in [3.63, 3.8) is 0 Å². The van der Waals surface area contributed by atoms with Crippen LogP contribution >= 0.6 is 0 Å². The van der Waals surface area contributed by atoms with E-state index in [4.69, 9.17) is 14.2 Å². The zero-order valence-corrected chi connectivity index (χ0v) is 16.3. The number of nitrogens with one attached hydrogen (secondary N) is 2. The van der Waals surface area contributed by atoms with Crippen LogP contribution in [-0.2, 0) is 6.54 Å². The number of aliphatic imine (C=N–C) groups is 1. The van der Waals surface area contributed by atoms with E-state index in [1.54, 1.807) is 32.4 Å². The Morgan fingerprint density at radius 2 is 1.69 bits per heavy atom. The SMILES string of the molecule is CN=C(NCCOc1ccc(OC)cc1)NCc1cccc(OCC(F)(F)F)c1. The van der Waals surface area contributed by atoms with Gasteiger partial charge in [0.05, 0.1) is 13.7 Å². The van der Waals surface area contributed by atoms with Crippen LogP contribution < -0.4 is 24.8 Å². The maximum atomic E-state index is 12.3. The van der Waals surface area contributed by atoms with Crippen molar-refractivity contribution in [3.8, 4) is 17.2 Å². The third-order valence-electron chi connectivity index (χ3n) is 3.71. The van der Waals surface area contributed by atoms with Crippen LogP contribution in [0.1, 0.15) is 5.56 Å². The predicted molar refractivity (Wildman–Crippen MR) is 105 cm³/mol. The fraction of sp³-hybridized carbons (Fsp3) is 0.350. The van der Waals surface area contributed by atoms with E-state index in [9.17, 15) is 13.2 Å². The van der Waals surface area contributed by atoms with Gasteiger partial charge in [0.2, 0.25) is 0 Å². The molecule has 0 unspecified atom stereocenters. The zero-order chi connectivity index (χ0) is 21.1. The van der Waals surface area contributed by atoms with Crippen LogP contribution in [0.2, 0.25) is 0 Å². The lowest BCUT2D eigenvalue weighted by atomic mass is 10.2. The number of hydrogen-bond acceptors (Lipinski definition) is 4. The quantitative estimate of drug-likeness (QED) is 0.376. The molecule has 0 aromatic heterocycles. The van der Waals surface area contributed by atoms with Crippen LogP contribution in [-0.4, -0.2) is 46.1 Å². The molecule has 0 heterocycles. The van der Waals surface area contributed by atoms with Crippen molar-refractivity contribution in [1.82, 2.24) is 10.6 Å². The van der Waals surface area contributed by atoms with Gasteiger partial charge >= 0.3 is 6.18 Å². The maximum Gasteiger partial charge on any atom is 0.422 e. The molecule has 0 fully saturated rings. The number of methoxy groups -OCH3 is 1. The molecule has 2 rings (SSSR count). The normalized spacial score (nSPS) is 11.7. The minimum absolute atomic E-state index is 0.164. The van der Waals surface area contributed by atoms with Gasteiger partial charge in [-0.1, -0.05) is 12.1 Å². The first-order chi connectivity index (χ1) is 13.9. The highest BCUT2D eigenvalue weighted by Crippen LogP contribution is 2.19. The molecule has 0 bridgehead atoms. The van der Waals surface area contributed by atoms with Crippen molar-refractivity contribution < 1.29 is 27.4 Å². The Hall–Kier alpha value is -3.10. The van der Waals surface area contributed by atoms with E-state index in [1.165, 1.54) is 6.07 Å². The summed E-state index contributed by atoms with van der Waals surface area (Å²) in [7, 11) is 3.23. The molecule has 0 spiro atoms. The van der Waals surface area contributed by atoms with Gasteiger partial charge in [-0.3, -0.25) is 4.99 Å². The van der Waals surface area contributed by atoms with E-state index >= 15 is 0 Å². The van der Waals surface area contributed by atoms with Crippen LogP contribution in [0, 0.1) is 0 Å². The number of hydrogen-bond donors (Lipinski definition) is 2. The van der Waals surface area contributed by atoms with Gasteiger partial charge in [0.25, 0.3) is 0 Å². The lowest BCUT2D eigenvalue weighted by molar-refractivity contribution is -0.153. The van der Waals surface area contributed by atoms with Gasteiger partial charge in [0.1, 0.15) is 23.9 Å². The molecule has 0 aliphatic rings. The predicted octanol–water partition coefficient (Wildman–Crippen LogP) is 3.38. The van der Waals surface area contributed by atoms with Gasteiger partial charge in [-0.05, 0) is 42.0 Å². The van der Waals surface area contributed by atoms with Gasteiger partial charge in [0.15, 0.2) is 12.6 Å². The average Bonchev–Trinajstić information content (AvgIpc) is 2.72. The molecule has 0 aliphatic carbocycles. The van der Waals surface area contributed by atoms with Gasteiger partial charge in [-0.2, -0.15) is 13.2 Å². The molecule has 0 radical (unpaired) electrons. The Morgan fingerprint density at radius 3 is 2.34 bits per heavy atom. The number of benzene rings is 2. The smallest absolute Gasteiger partial charge is 0.422 e. The molecule has 9 heteroatoms. The first-order valence-electron chi connectivity index (χ1n) is 8.89. The summed E-state index contributed by atoms with van der Waals surface area (Å²) in [6.07, 6.45) is -4.37. The largest absolute Gasteiger partial charge is 0.497 e. The highest BCUT2D eigenvalue weighted by Gasteiger charge is 2.28. The number of alkyl halides is 3. The van der Waals surface area contributed by atoms with Crippen LogP contribution in [0.5, 0.6) is 17.2 Å². The minimum atomic E-state index is -4.37. The Labute approximate surface area is 167 Å². The van der Waals surface area contributed by atoms with Crippen molar-refractivity contribution in [2.24, 2.45) is 4.99 Å². The van der Waals surface area contributed by atoms with Gasteiger partial charge in [0, 0.05) is 13.6 Å². The fourth-order valence-electron chi connectivity index (χ4n) is 2.33. The zero-order valence-electron chi connectivity index (χ0n) is 16.3. The molecule has 0 saturated carbocycles. The summed E-state index contributed by atoms with van der Waals surface area (Å²) in [6, 6.07) is 13.7. The summed E-state index contributed by atoms with van der Waals surface area (Å²) in [5.41, 5.74) is 0.766. The molecule has 6 nitrogen and oxygen atoms in total. The Morgan fingerprint density at radius 1 is 0.966 bits per heavy atom. The van der Waals surface area contributed by atoms with Gasteiger partial charge in [-0.25, -0.2) is 0 Å². The summed E-state index contributed by atoms with van der Waals surface area (Å²) in [5.74, 6) is 2.20. The van der Waals surface area contributed by atoms with E-state index in [0.717, 1.165) is 17.1 Å². The summed E-state index contributed by atoms with van der Waals surface area (Å²) in [4.78, 5) is 4.10. The average molecular weight is 411 g/mol. The Kier molecular flexibility index (Phi) is 8.45. The molecule has 2 aromatic carbocycles. The van der Waals surface area contributed by atoms with E-state index in [0.29, 0.717) is 25.7 Å². The van der Waals surface area contributed by atoms with E-state index < -0.39 is 12.8 Å². The molecule has 2 aromatic rings. The third-order valence-corrected chi connectivity index (χ3v) is 3.71. The van der Waals surface area contributed by atoms with Crippen molar-refractivity contribution in [2.45, 2.75) is 12.7 Å². The summed E-state index contributed by atoms with van der Waals surface area (Å²) in [6.45, 7) is -0.00222. The topological polar surface area (TPSA) is 64.1 Å². The van der Waals surface area contributed by atoms with Crippen molar-refractivity contribution >= 4 is 5.96 Å². The molecule has 0 aliphatic heterocycles. The standard InChI is InChI=1S/C20H24F3N3O3/c1-24-19(25-10-11-28-17-8-6-16(27-2)7-9-17)26-13-15-4-3-5-18(12-15)29-14-20(21,22)23/h3-9,12H,10-11,13-14H2,1-2H3,(H2,24,25,26). The number of ether oxygens (including phenoxy) is 3. The first kappa shape index (κ1) is 22.2. The summed E-state index contributed by atoms with van der Waals surface area (Å²) >= 11 is 0. The molecule has 158 valence electrons. The monoisotopic (exact) mass is 411 g/mol. The highest BCUT2D eigenvalue weighted by atomic mass is 19.4. The number of nitrogens with zero attached hydrogens (tertiary/aromatic N) is 1. The van der Waals surface area contributed by atoms with E-state index in [1.807, 2.05) is 24.3 Å². The van der Waals surface area contributed by atoms with Crippen molar-refractivity contribution in [2.75, 3.05) is 33.9 Å². The Bertz CT molecular complexity index is 781. The van der Waals surface area contributed by atoms with E-state index in [2.05, 4.69) is 15.6 Å². The minimum Gasteiger partial charge on any atom is -0.497 e. The van der Waals surface area contributed by atoms with Crippen molar-refractivity contribution in [3.05, 3.63) is 54.1 Å². The maximum absolute atomic E-state index is 12.3.